The highest BCUT2D eigenvalue weighted by molar-refractivity contribution is 8.00. The summed E-state index contributed by atoms with van der Waals surface area (Å²) in [4.78, 5) is 0. The van der Waals surface area contributed by atoms with E-state index in [0.717, 1.165) is 12.2 Å². The summed E-state index contributed by atoms with van der Waals surface area (Å²) in [5.74, 6) is 3.57. The molecule has 72 valence electrons. The third-order valence-electron chi connectivity index (χ3n) is 2.00. The second-order valence-corrected chi connectivity index (χ2v) is 5.12. The van der Waals surface area contributed by atoms with Gasteiger partial charge in [-0.1, -0.05) is 0 Å². The summed E-state index contributed by atoms with van der Waals surface area (Å²) in [7, 11) is 0. The Morgan fingerprint density at radius 1 is 1.67 bits per heavy atom. The van der Waals surface area contributed by atoms with E-state index in [0.29, 0.717) is 12.1 Å². The minimum atomic E-state index is 0.279. The highest BCUT2D eigenvalue weighted by atomic mass is 32.2. The number of thioether (sulfide) groups is 2. The molecule has 0 radical (unpaired) electrons. The van der Waals surface area contributed by atoms with Gasteiger partial charge in [0.1, 0.15) is 0 Å². The zero-order valence-corrected chi connectivity index (χ0v) is 9.09. The fraction of sp³-hybridized carbons (Fsp3) is 1.00. The second-order valence-electron chi connectivity index (χ2n) is 3.06. The van der Waals surface area contributed by atoms with Gasteiger partial charge in [0.2, 0.25) is 0 Å². The number of hydrogen-bond acceptors (Lipinski definition) is 4. The van der Waals surface area contributed by atoms with Crippen molar-refractivity contribution < 1.29 is 5.11 Å². The third kappa shape index (κ3) is 3.56. The van der Waals surface area contributed by atoms with E-state index in [2.05, 4.69) is 11.6 Å². The molecule has 12 heavy (non-hydrogen) atoms. The normalized spacial score (nSPS) is 20.5. The zero-order valence-electron chi connectivity index (χ0n) is 7.45. The van der Waals surface area contributed by atoms with Crippen molar-refractivity contribution in [2.24, 2.45) is 0 Å². The van der Waals surface area contributed by atoms with Crippen molar-refractivity contribution in [2.75, 3.05) is 30.1 Å². The van der Waals surface area contributed by atoms with Crippen molar-refractivity contribution in [3.63, 3.8) is 0 Å². The summed E-state index contributed by atoms with van der Waals surface area (Å²) in [5, 5.41) is 12.5. The summed E-state index contributed by atoms with van der Waals surface area (Å²) < 4.78 is 0. The molecule has 0 amide bonds. The minimum Gasteiger partial charge on any atom is -0.395 e. The molecular weight excluding hydrogens is 190 g/mol. The quantitative estimate of drug-likeness (QED) is 0.675. The van der Waals surface area contributed by atoms with Crippen molar-refractivity contribution in [3.05, 3.63) is 0 Å². The van der Waals surface area contributed by atoms with E-state index in [-0.39, 0.29) is 6.61 Å². The maximum Gasteiger partial charge on any atom is 0.0585 e. The molecule has 1 heterocycles. The van der Waals surface area contributed by atoms with Crippen LogP contribution in [0.2, 0.25) is 0 Å². The molecule has 0 aromatic heterocycles. The summed E-state index contributed by atoms with van der Waals surface area (Å²) >= 11 is 3.81. The molecule has 2 N–H and O–H groups in total. The van der Waals surface area contributed by atoms with E-state index in [1.54, 1.807) is 0 Å². The van der Waals surface area contributed by atoms with E-state index >= 15 is 0 Å². The molecule has 0 aromatic rings. The Balaban J connectivity index is 2.06. The Hall–Kier alpha value is 0.620. The first-order valence-corrected chi connectivity index (χ1v) is 6.85. The smallest absolute Gasteiger partial charge is 0.0585 e. The van der Waals surface area contributed by atoms with E-state index in [4.69, 9.17) is 5.11 Å². The van der Waals surface area contributed by atoms with Crippen molar-refractivity contribution in [2.45, 2.75) is 18.5 Å². The first kappa shape index (κ1) is 10.7. The fourth-order valence-electron chi connectivity index (χ4n) is 1.15. The zero-order chi connectivity index (χ0) is 8.81. The minimum absolute atomic E-state index is 0.279. The number of rotatable bonds is 6. The van der Waals surface area contributed by atoms with Gasteiger partial charge >= 0.3 is 0 Å². The Kier molecular flexibility index (Phi) is 5.47. The Morgan fingerprint density at radius 3 is 2.83 bits per heavy atom. The van der Waals surface area contributed by atoms with Crippen LogP contribution in [-0.2, 0) is 0 Å². The largest absolute Gasteiger partial charge is 0.395 e. The van der Waals surface area contributed by atoms with Crippen LogP contribution in [0, 0.1) is 0 Å². The molecule has 0 aromatic carbocycles. The van der Waals surface area contributed by atoms with Gasteiger partial charge < -0.3 is 10.4 Å². The van der Waals surface area contributed by atoms with Crippen LogP contribution in [0.4, 0.5) is 0 Å². The van der Waals surface area contributed by atoms with Crippen LogP contribution in [0.1, 0.15) is 6.42 Å². The van der Waals surface area contributed by atoms with Gasteiger partial charge in [0.15, 0.2) is 0 Å². The first-order chi connectivity index (χ1) is 5.86. The highest BCUT2D eigenvalue weighted by Gasteiger charge is 2.20. The molecule has 1 fully saturated rings. The predicted molar refractivity (Wildman–Crippen MR) is 58.1 cm³/mol. The molecule has 1 unspecified atom stereocenters. The predicted octanol–water partition coefficient (Wildman–Crippen LogP) is 0.805. The molecule has 2 nitrogen and oxygen atoms in total. The van der Waals surface area contributed by atoms with Gasteiger partial charge in [0, 0.05) is 23.6 Å². The lowest BCUT2D eigenvalue weighted by atomic mass is 10.2. The Morgan fingerprint density at radius 2 is 2.42 bits per heavy atom. The maximum absolute atomic E-state index is 9.04. The van der Waals surface area contributed by atoms with Crippen LogP contribution in [0.15, 0.2) is 0 Å². The molecule has 0 spiro atoms. The van der Waals surface area contributed by atoms with E-state index in [1.165, 1.54) is 11.5 Å². The molecule has 0 aliphatic carbocycles. The molecule has 1 saturated heterocycles. The molecule has 4 heteroatoms. The number of aliphatic hydroxyl groups is 1. The molecule has 1 aliphatic heterocycles. The average Bonchev–Trinajstić information content (AvgIpc) is 2.02. The molecule has 1 rings (SSSR count). The van der Waals surface area contributed by atoms with Crippen LogP contribution in [0.3, 0.4) is 0 Å². The van der Waals surface area contributed by atoms with Crippen molar-refractivity contribution in [3.8, 4) is 0 Å². The van der Waals surface area contributed by atoms with Crippen LogP contribution in [0.5, 0.6) is 0 Å². The Labute approximate surface area is 82.9 Å². The van der Waals surface area contributed by atoms with E-state index < -0.39 is 0 Å². The monoisotopic (exact) mass is 207 g/mol. The highest BCUT2D eigenvalue weighted by Crippen LogP contribution is 2.18. The summed E-state index contributed by atoms with van der Waals surface area (Å²) in [6.45, 7) is 0.279. The van der Waals surface area contributed by atoms with Crippen LogP contribution in [0.25, 0.3) is 0 Å². The average molecular weight is 207 g/mol. The van der Waals surface area contributed by atoms with Crippen molar-refractivity contribution in [1.29, 1.82) is 0 Å². The third-order valence-corrected chi connectivity index (χ3v) is 3.92. The van der Waals surface area contributed by atoms with Crippen LogP contribution >= 0.6 is 23.5 Å². The topological polar surface area (TPSA) is 32.3 Å². The number of aliphatic hydroxyl groups excluding tert-OH is 1. The van der Waals surface area contributed by atoms with E-state index in [1.807, 2.05) is 23.5 Å². The number of hydrogen-bond donors (Lipinski definition) is 2. The lowest BCUT2D eigenvalue weighted by Gasteiger charge is -2.30. The Bertz CT molecular complexity index is 120. The van der Waals surface area contributed by atoms with E-state index in [9.17, 15) is 0 Å². The van der Waals surface area contributed by atoms with Gasteiger partial charge in [-0.15, -0.1) is 0 Å². The van der Waals surface area contributed by atoms with Crippen molar-refractivity contribution >= 4 is 23.5 Å². The standard InChI is InChI=1S/C8H17NOS2/c1-11-3-2-7(4-10)9-8-5-12-6-8/h7-10H,2-6H2,1H3. The molecule has 1 atom stereocenters. The van der Waals surface area contributed by atoms with Gasteiger partial charge in [-0.05, 0) is 18.4 Å². The first-order valence-electron chi connectivity index (χ1n) is 4.30. The number of nitrogens with one attached hydrogen (secondary N) is 1. The van der Waals surface area contributed by atoms with Crippen LogP contribution < -0.4 is 5.32 Å². The van der Waals surface area contributed by atoms with Crippen LogP contribution in [-0.4, -0.2) is 47.3 Å². The fourth-order valence-corrected chi connectivity index (χ4v) is 2.34. The SMILES string of the molecule is CSCCC(CO)NC1CSC1. The molecule has 1 aliphatic rings. The lowest BCUT2D eigenvalue weighted by molar-refractivity contribution is 0.232. The van der Waals surface area contributed by atoms with Gasteiger partial charge in [-0.2, -0.15) is 23.5 Å². The summed E-state index contributed by atoms with van der Waals surface area (Å²) in [6, 6.07) is 0.984. The summed E-state index contributed by atoms with van der Waals surface area (Å²) in [6.07, 6.45) is 3.19. The molecule has 0 bridgehead atoms. The van der Waals surface area contributed by atoms with Crippen molar-refractivity contribution in [1.82, 2.24) is 5.32 Å². The molecular formula is C8H17NOS2. The van der Waals surface area contributed by atoms with Gasteiger partial charge in [0.05, 0.1) is 6.61 Å². The van der Waals surface area contributed by atoms with Gasteiger partial charge in [-0.3, -0.25) is 0 Å². The molecule has 0 saturated carbocycles. The summed E-state index contributed by atoms with van der Waals surface area (Å²) in [5.41, 5.74) is 0. The van der Waals surface area contributed by atoms with Gasteiger partial charge in [-0.25, -0.2) is 0 Å². The lowest BCUT2D eigenvalue weighted by Crippen LogP contribution is -2.47. The van der Waals surface area contributed by atoms with Gasteiger partial charge in [0.25, 0.3) is 0 Å². The second kappa shape index (κ2) is 6.13. The maximum atomic E-state index is 9.04.